The van der Waals surface area contributed by atoms with Crippen LogP contribution in [-0.2, 0) is 9.84 Å². The van der Waals surface area contributed by atoms with Gasteiger partial charge >= 0.3 is 0 Å². The number of rotatable bonds is 5. The van der Waals surface area contributed by atoms with Crippen LogP contribution in [0, 0.1) is 17.5 Å². The predicted octanol–water partition coefficient (Wildman–Crippen LogP) is 1.96. The van der Waals surface area contributed by atoms with E-state index in [2.05, 4.69) is 0 Å². The number of aliphatic hydroxyl groups is 1. The zero-order valence-corrected chi connectivity index (χ0v) is 10.5. The highest BCUT2D eigenvalue weighted by Crippen LogP contribution is 2.23. The first kappa shape index (κ1) is 15.0. The van der Waals surface area contributed by atoms with Crippen LogP contribution in [-0.4, -0.2) is 25.5 Å². The van der Waals surface area contributed by atoms with Crippen LogP contribution in [0.25, 0.3) is 0 Å². The summed E-state index contributed by atoms with van der Waals surface area (Å²) in [6.07, 6.45) is -0.257. The summed E-state index contributed by atoms with van der Waals surface area (Å²) in [5, 5.41) is 9.59. The van der Waals surface area contributed by atoms with E-state index >= 15 is 0 Å². The van der Waals surface area contributed by atoms with Crippen LogP contribution in [0.5, 0.6) is 0 Å². The molecule has 1 atom stereocenters. The van der Waals surface area contributed by atoms with Crippen molar-refractivity contribution in [1.29, 1.82) is 0 Å². The highest BCUT2D eigenvalue weighted by atomic mass is 32.2. The smallest absolute Gasteiger partial charge is 0.161 e. The summed E-state index contributed by atoms with van der Waals surface area (Å²) >= 11 is 0. The fourth-order valence-corrected chi connectivity index (χ4v) is 2.18. The molecule has 0 bridgehead atoms. The van der Waals surface area contributed by atoms with Crippen molar-refractivity contribution in [3.05, 3.63) is 35.1 Å². The highest BCUT2D eigenvalue weighted by molar-refractivity contribution is 7.90. The van der Waals surface area contributed by atoms with E-state index in [1.54, 1.807) is 0 Å². The Balaban J connectivity index is 2.73. The van der Waals surface area contributed by atoms with Crippen molar-refractivity contribution in [2.24, 2.45) is 0 Å². The van der Waals surface area contributed by atoms with Gasteiger partial charge in [-0.15, -0.1) is 0 Å². The molecule has 1 aromatic rings. The molecular weight excluding hydrogens is 269 g/mol. The van der Waals surface area contributed by atoms with Gasteiger partial charge in [-0.1, -0.05) is 0 Å². The first-order chi connectivity index (χ1) is 8.20. The molecule has 3 nitrogen and oxygen atoms in total. The van der Waals surface area contributed by atoms with Gasteiger partial charge < -0.3 is 5.11 Å². The molecule has 0 heterocycles. The standard InChI is InChI=1S/C11H13F3O3S/c1-18(16,17)4-2-3-11(15)7-5-9(13)10(14)6-8(7)12/h5-6,11,15H,2-4H2,1H3. The van der Waals surface area contributed by atoms with E-state index in [0.29, 0.717) is 12.1 Å². The van der Waals surface area contributed by atoms with Crippen LogP contribution < -0.4 is 0 Å². The molecule has 1 aromatic carbocycles. The maximum atomic E-state index is 13.3. The normalized spacial score (nSPS) is 13.6. The predicted molar refractivity (Wildman–Crippen MR) is 60.2 cm³/mol. The summed E-state index contributed by atoms with van der Waals surface area (Å²) in [4.78, 5) is 0. The number of aliphatic hydroxyl groups excluding tert-OH is 1. The first-order valence-corrected chi connectivity index (χ1v) is 7.27. The topological polar surface area (TPSA) is 54.4 Å². The average Bonchev–Trinajstić information content (AvgIpc) is 2.21. The molecule has 0 aliphatic rings. The number of halogens is 3. The Bertz CT molecular complexity index is 529. The van der Waals surface area contributed by atoms with Crippen LogP contribution in [0.1, 0.15) is 24.5 Å². The van der Waals surface area contributed by atoms with E-state index in [4.69, 9.17) is 0 Å². The number of hydrogen-bond acceptors (Lipinski definition) is 3. The van der Waals surface area contributed by atoms with Gasteiger partial charge in [-0.05, 0) is 18.9 Å². The zero-order valence-electron chi connectivity index (χ0n) is 9.66. The van der Waals surface area contributed by atoms with Crippen LogP contribution in [0.3, 0.4) is 0 Å². The third-order valence-electron chi connectivity index (χ3n) is 2.39. The lowest BCUT2D eigenvalue weighted by Gasteiger charge is -2.12. The van der Waals surface area contributed by atoms with Crippen LogP contribution in [0.15, 0.2) is 12.1 Å². The Kier molecular flexibility index (Phi) is 4.75. The molecule has 0 amide bonds. The summed E-state index contributed by atoms with van der Waals surface area (Å²) < 4.78 is 60.5. The molecule has 7 heteroatoms. The lowest BCUT2D eigenvalue weighted by atomic mass is 10.0. The SMILES string of the molecule is CS(=O)(=O)CCCC(O)c1cc(F)c(F)cc1F. The second-order valence-electron chi connectivity index (χ2n) is 4.08. The van der Waals surface area contributed by atoms with Gasteiger partial charge in [0.2, 0.25) is 0 Å². The molecule has 0 radical (unpaired) electrons. The minimum absolute atomic E-state index is 0.0466. The maximum absolute atomic E-state index is 13.3. The van der Waals surface area contributed by atoms with Crippen molar-refractivity contribution in [2.75, 3.05) is 12.0 Å². The van der Waals surface area contributed by atoms with Crippen molar-refractivity contribution in [3.8, 4) is 0 Å². The van der Waals surface area contributed by atoms with Gasteiger partial charge in [0.05, 0.1) is 6.10 Å². The van der Waals surface area contributed by atoms with E-state index < -0.39 is 33.4 Å². The second-order valence-corrected chi connectivity index (χ2v) is 6.34. The largest absolute Gasteiger partial charge is 0.388 e. The van der Waals surface area contributed by atoms with Gasteiger partial charge in [-0.3, -0.25) is 0 Å². The minimum atomic E-state index is -3.17. The Hall–Kier alpha value is -1.08. The third-order valence-corrected chi connectivity index (χ3v) is 3.42. The molecule has 0 saturated heterocycles. The van der Waals surface area contributed by atoms with Crippen LogP contribution >= 0.6 is 0 Å². The molecule has 102 valence electrons. The van der Waals surface area contributed by atoms with E-state index in [1.165, 1.54) is 0 Å². The van der Waals surface area contributed by atoms with Crippen molar-refractivity contribution in [1.82, 2.24) is 0 Å². The molecule has 18 heavy (non-hydrogen) atoms. The fraction of sp³-hybridized carbons (Fsp3) is 0.455. The monoisotopic (exact) mass is 282 g/mol. The Morgan fingerprint density at radius 2 is 1.72 bits per heavy atom. The van der Waals surface area contributed by atoms with Gasteiger partial charge in [0.15, 0.2) is 11.6 Å². The van der Waals surface area contributed by atoms with Crippen molar-refractivity contribution in [2.45, 2.75) is 18.9 Å². The number of hydrogen-bond donors (Lipinski definition) is 1. The van der Waals surface area contributed by atoms with Gasteiger partial charge in [0.25, 0.3) is 0 Å². The van der Waals surface area contributed by atoms with Crippen molar-refractivity contribution >= 4 is 9.84 Å². The van der Waals surface area contributed by atoms with Gasteiger partial charge in [0.1, 0.15) is 15.7 Å². The average molecular weight is 282 g/mol. The van der Waals surface area contributed by atoms with Crippen molar-refractivity contribution < 1.29 is 26.7 Å². The maximum Gasteiger partial charge on any atom is 0.161 e. The summed E-state index contributed by atoms with van der Waals surface area (Å²) in [7, 11) is -3.17. The van der Waals surface area contributed by atoms with Crippen molar-refractivity contribution in [3.63, 3.8) is 0 Å². The number of sulfone groups is 1. The minimum Gasteiger partial charge on any atom is -0.388 e. The molecule has 1 unspecified atom stereocenters. The van der Waals surface area contributed by atoms with Gasteiger partial charge in [0, 0.05) is 23.6 Å². The lowest BCUT2D eigenvalue weighted by molar-refractivity contribution is 0.161. The summed E-state index contributed by atoms with van der Waals surface area (Å²) in [5.41, 5.74) is -0.373. The second kappa shape index (κ2) is 5.71. The first-order valence-electron chi connectivity index (χ1n) is 5.21. The fourth-order valence-electron chi connectivity index (χ4n) is 1.49. The Morgan fingerprint density at radius 3 is 2.28 bits per heavy atom. The molecule has 0 fully saturated rings. The molecule has 1 N–H and O–H groups in total. The zero-order chi connectivity index (χ0) is 13.9. The summed E-state index contributed by atoms with van der Waals surface area (Å²) in [6, 6.07) is 0.931. The molecule has 0 saturated carbocycles. The molecular formula is C11H13F3O3S. The Morgan fingerprint density at radius 1 is 1.17 bits per heavy atom. The number of benzene rings is 1. The molecule has 0 aliphatic carbocycles. The quantitative estimate of drug-likeness (QED) is 0.840. The summed E-state index contributed by atoms with van der Waals surface area (Å²) in [6.45, 7) is 0. The van der Waals surface area contributed by atoms with Crippen LogP contribution in [0.2, 0.25) is 0 Å². The molecule has 0 aliphatic heterocycles. The molecule has 1 rings (SSSR count). The lowest BCUT2D eigenvalue weighted by Crippen LogP contribution is -2.07. The van der Waals surface area contributed by atoms with E-state index in [0.717, 1.165) is 6.26 Å². The third kappa shape index (κ3) is 4.30. The van der Waals surface area contributed by atoms with Gasteiger partial charge in [-0.25, -0.2) is 21.6 Å². The van der Waals surface area contributed by atoms with E-state index in [-0.39, 0.29) is 24.2 Å². The van der Waals surface area contributed by atoms with E-state index in [9.17, 15) is 26.7 Å². The van der Waals surface area contributed by atoms with Crippen LogP contribution in [0.4, 0.5) is 13.2 Å². The highest BCUT2D eigenvalue weighted by Gasteiger charge is 2.17. The molecule has 0 spiro atoms. The van der Waals surface area contributed by atoms with E-state index in [1.807, 2.05) is 0 Å². The summed E-state index contributed by atoms with van der Waals surface area (Å²) in [5.74, 6) is -3.80. The molecule has 0 aromatic heterocycles. The Labute approximate surface area is 103 Å². The van der Waals surface area contributed by atoms with Gasteiger partial charge in [-0.2, -0.15) is 0 Å².